The third-order valence-electron chi connectivity index (χ3n) is 4.90. The SMILES string of the molecule is Cc1nnc(C2CCC(Oc3ccccn3)CC2)n1-c1ccc(I)cc1. The summed E-state index contributed by atoms with van der Waals surface area (Å²) in [6.45, 7) is 2.02. The zero-order valence-electron chi connectivity index (χ0n) is 14.7. The van der Waals surface area contributed by atoms with Crippen LogP contribution in [0.2, 0.25) is 0 Å². The zero-order valence-corrected chi connectivity index (χ0v) is 16.8. The highest BCUT2D eigenvalue weighted by atomic mass is 127. The zero-order chi connectivity index (χ0) is 17.9. The third-order valence-corrected chi connectivity index (χ3v) is 5.62. The minimum atomic E-state index is 0.233. The molecule has 0 amide bonds. The van der Waals surface area contributed by atoms with E-state index in [0.29, 0.717) is 11.8 Å². The maximum absolute atomic E-state index is 6.02. The van der Waals surface area contributed by atoms with Crippen molar-refractivity contribution in [3.05, 3.63) is 63.9 Å². The summed E-state index contributed by atoms with van der Waals surface area (Å²) < 4.78 is 9.44. The molecule has 2 heterocycles. The molecule has 0 bridgehead atoms. The number of aryl methyl sites for hydroxylation is 1. The van der Waals surface area contributed by atoms with Crippen molar-refractivity contribution in [3.8, 4) is 11.6 Å². The van der Waals surface area contributed by atoms with E-state index < -0.39 is 0 Å². The quantitative estimate of drug-likeness (QED) is 0.531. The lowest BCUT2D eigenvalue weighted by atomic mass is 9.86. The van der Waals surface area contributed by atoms with Gasteiger partial charge in [0.2, 0.25) is 5.88 Å². The largest absolute Gasteiger partial charge is 0.474 e. The fourth-order valence-electron chi connectivity index (χ4n) is 3.58. The first-order chi connectivity index (χ1) is 12.7. The van der Waals surface area contributed by atoms with Crippen molar-refractivity contribution < 1.29 is 4.74 Å². The second kappa shape index (κ2) is 7.73. The smallest absolute Gasteiger partial charge is 0.213 e. The molecule has 1 aliphatic rings. The Hall–Kier alpha value is -1.96. The Labute approximate surface area is 167 Å². The molecule has 0 saturated heterocycles. The molecule has 3 aromatic rings. The summed E-state index contributed by atoms with van der Waals surface area (Å²) in [6, 6.07) is 14.3. The molecule has 2 aromatic heterocycles. The van der Waals surface area contributed by atoms with Crippen molar-refractivity contribution in [3.63, 3.8) is 0 Å². The number of pyridine rings is 1. The molecule has 1 aromatic carbocycles. The highest BCUT2D eigenvalue weighted by Gasteiger charge is 2.28. The van der Waals surface area contributed by atoms with Crippen LogP contribution in [0, 0.1) is 10.5 Å². The van der Waals surface area contributed by atoms with E-state index in [4.69, 9.17) is 4.74 Å². The first-order valence-corrected chi connectivity index (χ1v) is 10.0. The average Bonchev–Trinajstić information content (AvgIpc) is 3.05. The van der Waals surface area contributed by atoms with E-state index in [1.165, 1.54) is 3.57 Å². The number of hydrogen-bond acceptors (Lipinski definition) is 4. The molecule has 0 spiro atoms. The maximum Gasteiger partial charge on any atom is 0.213 e. The monoisotopic (exact) mass is 460 g/mol. The molecule has 0 N–H and O–H groups in total. The predicted octanol–water partition coefficient (Wildman–Crippen LogP) is 4.68. The third kappa shape index (κ3) is 3.75. The Morgan fingerprint density at radius 1 is 1.00 bits per heavy atom. The van der Waals surface area contributed by atoms with Crippen LogP contribution in [0.25, 0.3) is 5.69 Å². The van der Waals surface area contributed by atoms with Crippen LogP contribution >= 0.6 is 22.6 Å². The first kappa shape index (κ1) is 17.5. The molecule has 5 nitrogen and oxygen atoms in total. The van der Waals surface area contributed by atoms with Gasteiger partial charge in [-0.3, -0.25) is 4.57 Å². The van der Waals surface area contributed by atoms with Crippen LogP contribution in [-0.4, -0.2) is 25.9 Å². The molecule has 1 saturated carbocycles. The second-order valence-corrected chi connectivity index (χ2v) is 7.92. The van der Waals surface area contributed by atoms with Crippen LogP contribution < -0.4 is 4.74 Å². The van der Waals surface area contributed by atoms with Crippen molar-refractivity contribution >= 4 is 22.6 Å². The van der Waals surface area contributed by atoms with Gasteiger partial charge in [0.15, 0.2) is 0 Å². The number of ether oxygens (including phenoxy) is 1. The van der Waals surface area contributed by atoms with Crippen LogP contribution in [-0.2, 0) is 0 Å². The topological polar surface area (TPSA) is 52.8 Å². The molecule has 0 atom stereocenters. The Kier molecular flexibility index (Phi) is 5.19. The average molecular weight is 460 g/mol. The van der Waals surface area contributed by atoms with Crippen molar-refractivity contribution in [2.45, 2.75) is 44.6 Å². The normalized spacial score (nSPS) is 20.1. The van der Waals surface area contributed by atoms with E-state index in [-0.39, 0.29) is 6.10 Å². The molecular formula is C20H21IN4O. The number of halogens is 1. The Morgan fingerprint density at radius 3 is 2.46 bits per heavy atom. The van der Waals surface area contributed by atoms with Crippen LogP contribution in [0.5, 0.6) is 5.88 Å². The summed E-state index contributed by atoms with van der Waals surface area (Å²) >= 11 is 2.33. The maximum atomic E-state index is 6.02. The number of benzene rings is 1. The van der Waals surface area contributed by atoms with Gasteiger partial charge in [-0.15, -0.1) is 10.2 Å². The first-order valence-electron chi connectivity index (χ1n) is 8.96. The fourth-order valence-corrected chi connectivity index (χ4v) is 3.94. The van der Waals surface area contributed by atoms with Crippen LogP contribution in [0.15, 0.2) is 48.7 Å². The lowest BCUT2D eigenvalue weighted by Crippen LogP contribution is -2.25. The number of rotatable bonds is 4. The highest BCUT2D eigenvalue weighted by molar-refractivity contribution is 14.1. The molecule has 134 valence electrons. The van der Waals surface area contributed by atoms with Gasteiger partial charge in [0.1, 0.15) is 17.8 Å². The van der Waals surface area contributed by atoms with E-state index in [1.54, 1.807) is 6.20 Å². The van der Waals surface area contributed by atoms with E-state index in [0.717, 1.165) is 43.0 Å². The van der Waals surface area contributed by atoms with E-state index >= 15 is 0 Å². The van der Waals surface area contributed by atoms with Gasteiger partial charge in [-0.1, -0.05) is 6.07 Å². The van der Waals surface area contributed by atoms with Gasteiger partial charge in [-0.25, -0.2) is 4.98 Å². The lowest BCUT2D eigenvalue weighted by molar-refractivity contribution is 0.139. The van der Waals surface area contributed by atoms with Crippen LogP contribution in [0.3, 0.4) is 0 Å². The molecular weight excluding hydrogens is 439 g/mol. The van der Waals surface area contributed by atoms with Gasteiger partial charge < -0.3 is 4.74 Å². The van der Waals surface area contributed by atoms with Gasteiger partial charge >= 0.3 is 0 Å². The summed E-state index contributed by atoms with van der Waals surface area (Å²) in [6.07, 6.45) is 6.14. The van der Waals surface area contributed by atoms with Gasteiger partial charge in [-0.05, 0) is 85.5 Å². The standard InChI is InChI=1S/C20H21IN4O/c1-14-23-24-20(25(14)17-9-7-16(21)8-10-17)15-5-11-18(12-6-15)26-19-4-2-3-13-22-19/h2-4,7-10,13,15,18H,5-6,11-12H2,1H3. The van der Waals surface area contributed by atoms with Gasteiger partial charge in [0.05, 0.1) is 0 Å². The molecule has 0 radical (unpaired) electrons. The van der Waals surface area contributed by atoms with Crippen molar-refractivity contribution in [1.82, 2.24) is 19.7 Å². The Bertz CT molecular complexity index is 855. The summed E-state index contributed by atoms with van der Waals surface area (Å²) in [5, 5.41) is 8.85. The van der Waals surface area contributed by atoms with Gasteiger partial charge in [0, 0.05) is 27.4 Å². The summed E-state index contributed by atoms with van der Waals surface area (Å²) in [5.74, 6) is 3.14. The minimum Gasteiger partial charge on any atom is -0.474 e. The number of hydrogen-bond donors (Lipinski definition) is 0. The number of nitrogens with zero attached hydrogens (tertiary/aromatic N) is 4. The van der Waals surface area contributed by atoms with Crippen LogP contribution in [0.1, 0.15) is 43.3 Å². The van der Waals surface area contributed by atoms with Crippen molar-refractivity contribution in [1.29, 1.82) is 0 Å². The summed E-state index contributed by atoms with van der Waals surface area (Å²) in [7, 11) is 0. The summed E-state index contributed by atoms with van der Waals surface area (Å²) in [4.78, 5) is 4.26. The van der Waals surface area contributed by atoms with Gasteiger partial charge in [-0.2, -0.15) is 0 Å². The molecule has 0 unspecified atom stereocenters. The highest BCUT2D eigenvalue weighted by Crippen LogP contribution is 2.34. The van der Waals surface area contributed by atoms with E-state index in [2.05, 4.69) is 66.6 Å². The van der Waals surface area contributed by atoms with Gasteiger partial charge in [0.25, 0.3) is 0 Å². The molecule has 1 aliphatic carbocycles. The summed E-state index contributed by atoms with van der Waals surface area (Å²) in [5.41, 5.74) is 1.13. The molecule has 4 rings (SSSR count). The van der Waals surface area contributed by atoms with Crippen molar-refractivity contribution in [2.75, 3.05) is 0 Å². The second-order valence-electron chi connectivity index (χ2n) is 6.68. The minimum absolute atomic E-state index is 0.233. The number of aromatic nitrogens is 4. The van der Waals surface area contributed by atoms with E-state index in [1.807, 2.05) is 25.1 Å². The predicted molar refractivity (Wildman–Crippen MR) is 109 cm³/mol. The van der Waals surface area contributed by atoms with E-state index in [9.17, 15) is 0 Å². The van der Waals surface area contributed by atoms with Crippen LogP contribution in [0.4, 0.5) is 0 Å². The lowest BCUT2D eigenvalue weighted by Gasteiger charge is -2.28. The molecule has 6 heteroatoms. The fraction of sp³-hybridized carbons (Fsp3) is 0.350. The Morgan fingerprint density at radius 2 is 1.77 bits per heavy atom. The Balaban J connectivity index is 1.47. The van der Waals surface area contributed by atoms with Crippen molar-refractivity contribution in [2.24, 2.45) is 0 Å². The molecule has 1 fully saturated rings. The molecule has 0 aliphatic heterocycles. The molecule has 26 heavy (non-hydrogen) atoms.